The summed E-state index contributed by atoms with van der Waals surface area (Å²) in [6.45, 7) is 3.28. The zero-order valence-corrected chi connectivity index (χ0v) is 23.4. The maximum atomic E-state index is 13.7. The van der Waals surface area contributed by atoms with Gasteiger partial charge in [-0.25, -0.2) is 24.5 Å². The Morgan fingerprint density at radius 3 is 2.50 bits per heavy atom. The first-order valence-corrected chi connectivity index (χ1v) is 12.5. The molecule has 0 radical (unpaired) electrons. The van der Waals surface area contributed by atoms with Crippen LogP contribution >= 0.6 is 11.6 Å². The molecule has 0 spiro atoms. The fraction of sp³-hybridized carbons (Fsp3) is 0.231. The first-order chi connectivity index (χ1) is 19.8. The van der Waals surface area contributed by atoms with Crippen molar-refractivity contribution in [2.24, 2.45) is 0 Å². The second-order valence-electron chi connectivity index (χ2n) is 9.10. The Morgan fingerprint density at radius 2 is 1.86 bits per heavy atom. The van der Waals surface area contributed by atoms with E-state index >= 15 is 0 Å². The number of halogens is 4. The summed E-state index contributed by atoms with van der Waals surface area (Å²) in [5, 5.41) is 8.09. The van der Waals surface area contributed by atoms with E-state index in [4.69, 9.17) is 11.6 Å². The van der Waals surface area contributed by atoms with Crippen LogP contribution in [0.15, 0.2) is 49.1 Å². The van der Waals surface area contributed by atoms with E-state index in [1.807, 2.05) is 0 Å². The van der Waals surface area contributed by atoms with Crippen LogP contribution in [0, 0.1) is 13.8 Å². The number of nitrogens with zero attached hydrogens (tertiary/aromatic N) is 6. The normalized spacial score (nSPS) is 11.2. The number of ether oxygens (including phenoxy) is 1. The molecule has 0 saturated heterocycles. The summed E-state index contributed by atoms with van der Waals surface area (Å²) in [4.78, 5) is 46.1. The predicted molar refractivity (Wildman–Crippen MR) is 144 cm³/mol. The van der Waals surface area contributed by atoms with Crippen molar-refractivity contribution in [3.8, 4) is 5.82 Å². The van der Waals surface area contributed by atoms with E-state index in [1.165, 1.54) is 36.0 Å². The lowest BCUT2D eigenvalue weighted by molar-refractivity contribution is -0.141. The van der Waals surface area contributed by atoms with Gasteiger partial charge in [0.05, 0.1) is 41.9 Å². The lowest BCUT2D eigenvalue weighted by atomic mass is 10.0. The first-order valence-electron chi connectivity index (χ1n) is 12.1. The van der Waals surface area contributed by atoms with Crippen LogP contribution in [0.3, 0.4) is 0 Å². The number of pyridine rings is 1. The van der Waals surface area contributed by atoms with Crippen molar-refractivity contribution < 1.29 is 32.3 Å². The van der Waals surface area contributed by atoms with Gasteiger partial charge in [-0.15, -0.1) is 0 Å². The third-order valence-corrected chi connectivity index (χ3v) is 6.18. The zero-order valence-electron chi connectivity index (χ0n) is 22.7. The molecule has 16 heteroatoms. The van der Waals surface area contributed by atoms with Crippen molar-refractivity contribution in [1.29, 1.82) is 0 Å². The topological polar surface area (TPSA) is 136 Å². The monoisotopic (exact) mass is 604 g/mol. The van der Waals surface area contributed by atoms with Crippen molar-refractivity contribution in [3.05, 3.63) is 87.8 Å². The largest absolute Gasteiger partial charge is 0.452 e. The molecule has 4 aromatic rings. The number of anilines is 1. The number of hydrogen-bond donors (Lipinski definition) is 2. The van der Waals surface area contributed by atoms with Gasteiger partial charge in [-0.3, -0.25) is 15.0 Å². The molecule has 1 aromatic carbocycles. The molecule has 12 nitrogen and oxygen atoms in total. The third kappa shape index (κ3) is 6.52. The lowest BCUT2D eigenvalue weighted by Crippen LogP contribution is -2.43. The standard InChI is InChI=1S/C26H24ClF3N8O4/c1-14-8-15(2)21(17(9-14)23(39)35-36(3)25(41)42-4)33-24(40)19-10-16(11-37-12-20(32-13-37)26(28,29)30)34-38(19)22-18(27)6-5-7-31-22/h5-10,12-13H,11H2,1-4H3,(H,33,40)(H,35,39). The molecule has 0 fully saturated rings. The number of carbonyl (C=O) groups excluding carboxylic acids is 3. The lowest BCUT2D eigenvalue weighted by Gasteiger charge is -2.19. The van der Waals surface area contributed by atoms with E-state index in [9.17, 15) is 27.6 Å². The van der Waals surface area contributed by atoms with Crippen molar-refractivity contribution in [3.63, 3.8) is 0 Å². The molecule has 0 aliphatic heterocycles. The van der Waals surface area contributed by atoms with E-state index < -0.39 is 29.8 Å². The van der Waals surface area contributed by atoms with E-state index in [1.54, 1.807) is 26.0 Å². The van der Waals surface area contributed by atoms with Crippen LogP contribution in [-0.4, -0.2) is 61.4 Å². The predicted octanol–water partition coefficient (Wildman–Crippen LogP) is 4.40. The summed E-state index contributed by atoms with van der Waals surface area (Å²) in [7, 11) is 2.44. The number of hydrazine groups is 1. The van der Waals surface area contributed by atoms with Crippen molar-refractivity contribution in [2.75, 3.05) is 19.5 Å². The van der Waals surface area contributed by atoms with Gasteiger partial charge >= 0.3 is 12.3 Å². The summed E-state index contributed by atoms with van der Waals surface area (Å²) in [5.41, 5.74) is 2.88. The molecule has 0 aliphatic rings. The van der Waals surface area contributed by atoms with Gasteiger partial charge in [0.2, 0.25) is 0 Å². The Kier molecular flexibility index (Phi) is 8.51. The molecule has 3 amide bonds. The second-order valence-corrected chi connectivity index (χ2v) is 9.51. The summed E-state index contributed by atoms with van der Waals surface area (Å²) < 4.78 is 46.0. The van der Waals surface area contributed by atoms with Crippen LogP contribution in [0.25, 0.3) is 5.82 Å². The number of aromatic nitrogens is 5. The number of hydrogen-bond acceptors (Lipinski definition) is 7. The van der Waals surface area contributed by atoms with Crippen LogP contribution < -0.4 is 10.7 Å². The van der Waals surface area contributed by atoms with Gasteiger partial charge in [0.15, 0.2) is 11.5 Å². The summed E-state index contributed by atoms with van der Waals surface area (Å²) in [5.74, 6) is -1.33. The van der Waals surface area contributed by atoms with Crippen LogP contribution in [0.5, 0.6) is 0 Å². The van der Waals surface area contributed by atoms with Gasteiger partial charge in [0, 0.05) is 19.4 Å². The van der Waals surface area contributed by atoms with E-state index in [-0.39, 0.29) is 40.0 Å². The smallest absolute Gasteiger partial charge is 0.434 e. The van der Waals surface area contributed by atoms with Crippen LogP contribution in [0.2, 0.25) is 5.02 Å². The maximum Gasteiger partial charge on any atom is 0.434 e. The molecular formula is C26H24ClF3N8O4. The Labute approximate surface area is 242 Å². The number of methoxy groups -OCH3 is 1. The maximum absolute atomic E-state index is 13.7. The van der Waals surface area contributed by atoms with Crippen molar-refractivity contribution in [1.82, 2.24) is 34.8 Å². The van der Waals surface area contributed by atoms with E-state index in [0.29, 0.717) is 11.1 Å². The molecule has 4 rings (SSSR count). The number of imidazole rings is 1. The Morgan fingerprint density at radius 1 is 1.12 bits per heavy atom. The fourth-order valence-electron chi connectivity index (χ4n) is 4.03. The Balaban J connectivity index is 1.72. The molecule has 220 valence electrons. The third-order valence-electron chi connectivity index (χ3n) is 5.88. The Hall–Kier alpha value is -4.92. The SMILES string of the molecule is COC(=O)N(C)NC(=O)c1cc(C)cc(C)c1NC(=O)c1cc(Cn2cnc(C(F)(F)F)c2)nn1-c1ncccc1Cl. The summed E-state index contributed by atoms with van der Waals surface area (Å²) >= 11 is 6.32. The van der Waals surface area contributed by atoms with Gasteiger partial charge in [-0.05, 0) is 49.2 Å². The highest BCUT2D eigenvalue weighted by molar-refractivity contribution is 6.32. The van der Waals surface area contributed by atoms with Crippen molar-refractivity contribution in [2.45, 2.75) is 26.6 Å². The number of amides is 3. The van der Waals surface area contributed by atoms with E-state index in [2.05, 4.69) is 30.5 Å². The fourth-order valence-corrected chi connectivity index (χ4v) is 4.23. The van der Waals surface area contributed by atoms with Gasteiger partial charge < -0.3 is 14.6 Å². The number of nitrogens with one attached hydrogen (secondary N) is 2. The summed E-state index contributed by atoms with van der Waals surface area (Å²) in [6.07, 6.45) is -2.19. The quantitative estimate of drug-likeness (QED) is 0.311. The van der Waals surface area contributed by atoms with Gasteiger partial charge in [-0.2, -0.15) is 18.3 Å². The summed E-state index contributed by atoms with van der Waals surface area (Å²) in [6, 6.07) is 7.74. The number of aryl methyl sites for hydroxylation is 2. The van der Waals surface area contributed by atoms with Crippen LogP contribution in [-0.2, 0) is 17.5 Å². The van der Waals surface area contributed by atoms with Gasteiger partial charge in [0.1, 0.15) is 5.69 Å². The van der Waals surface area contributed by atoms with Gasteiger partial charge in [0.25, 0.3) is 11.8 Å². The number of alkyl halides is 3. The molecule has 3 heterocycles. The average molecular weight is 605 g/mol. The highest BCUT2D eigenvalue weighted by Crippen LogP contribution is 2.28. The average Bonchev–Trinajstić information content (AvgIpc) is 3.57. The van der Waals surface area contributed by atoms with E-state index in [0.717, 1.165) is 29.3 Å². The highest BCUT2D eigenvalue weighted by Gasteiger charge is 2.33. The minimum atomic E-state index is -4.63. The molecule has 0 bridgehead atoms. The minimum absolute atomic E-state index is 0.0526. The molecule has 2 N–H and O–H groups in total. The number of rotatable bonds is 6. The highest BCUT2D eigenvalue weighted by atomic mass is 35.5. The molecule has 0 atom stereocenters. The second kappa shape index (κ2) is 11.9. The Bertz CT molecular complexity index is 1670. The zero-order chi connectivity index (χ0) is 30.8. The number of benzene rings is 1. The molecular weight excluding hydrogens is 581 g/mol. The van der Waals surface area contributed by atoms with Crippen molar-refractivity contribution >= 4 is 35.2 Å². The van der Waals surface area contributed by atoms with Crippen LogP contribution in [0.1, 0.15) is 43.4 Å². The molecule has 42 heavy (non-hydrogen) atoms. The first kappa shape index (κ1) is 30.0. The minimum Gasteiger partial charge on any atom is -0.452 e. The molecule has 0 saturated carbocycles. The number of carbonyl (C=O) groups is 3. The van der Waals surface area contributed by atoms with Gasteiger partial charge in [-0.1, -0.05) is 17.7 Å². The molecule has 3 aromatic heterocycles. The molecule has 0 unspecified atom stereocenters. The molecule has 0 aliphatic carbocycles. The van der Waals surface area contributed by atoms with Crippen LogP contribution in [0.4, 0.5) is 23.7 Å².